The highest BCUT2D eigenvalue weighted by Crippen LogP contribution is 2.47. The quantitative estimate of drug-likeness (QED) is 0.902. The van der Waals surface area contributed by atoms with Gasteiger partial charge in [-0.05, 0) is 63.4 Å². The van der Waals surface area contributed by atoms with Gasteiger partial charge in [0.1, 0.15) is 5.75 Å². The average molecular weight is 367 g/mol. The molecule has 144 valence electrons. The van der Waals surface area contributed by atoms with Gasteiger partial charge in [0.2, 0.25) is 0 Å². The average Bonchev–Trinajstić information content (AvgIpc) is 3.30. The minimum Gasteiger partial charge on any atom is -0.508 e. The largest absolute Gasteiger partial charge is 0.508 e. The van der Waals surface area contributed by atoms with Gasteiger partial charge in [0, 0.05) is 48.9 Å². The Morgan fingerprint density at radius 2 is 2.00 bits per heavy atom. The molecule has 1 aromatic heterocycles. The van der Waals surface area contributed by atoms with Crippen LogP contribution in [-0.4, -0.2) is 56.4 Å². The Morgan fingerprint density at radius 1 is 1.19 bits per heavy atom. The third kappa shape index (κ3) is 2.97. The molecule has 5 nitrogen and oxygen atoms in total. The highest BCUT2D eigenvalue weighted by atomic mass is 16.3. The van der Waals surface area contributed by atoms with Crippen molar-refractivity contribution in [1.29, 1.82) is 0 Å². The monoisotopic (exact) mass is 366 g/mol. The molecule has 0 saturated carbocycles. The summed E-state index contributed by atoms with van der Waals surface area (Å²) in [7, 11) is 0. The van der Waals surface area contributed by atoms with Gasteiger partial charge in [-0.25, -0.2) is 0 Å². The van der Waals surface area contributed by atoms with Crippen LogP contribution in [0.15, 0.2) is 36.7 Å². The molecule has 2 bridgehead atoms. The minimum absolute atomic E-state index is 0.386. The topological polar surface area (TPSA) is 44.5 Å². The Labute approximate surface area is 161 Å². The van der Waals surface area contributed by atoms with Crippen LogP contribution in [0.4, 0.5) is 0 Å². The third-order valence-corrected chi connectivity index (χ3v) is 6.96. The van der Waals surface area contributed by atoms with Crippen molar-refractivity contribution in [2.45, 2.75) is 57.3 Å². The number of nitrogens with zero attached hydrogens (tertiary/aromatic N) is 4. The molecule has 6 rings (SSSR count). The number of benzene rings is 1. The lowest BCUT2D eigenvalue weighted by Crippen LogP contribution is -2.59. The minimum atomic E-state index is 0.386. The Hall–Kier alpha value is -1.85. The van der Waals surface area contributed by atoms with E-state index in [0.717, 1.165) is 19.0 Å². The fourth-order valence-corrected chi connectivity index (χ4v) is 5.75. The number of aromatic nitrogens is 2. The molecule has 0 aliphatic carbocycles. The van der Waals surface area contributed by atoms with Crippen LogP contribution in [-0.2, 0) is 6.54 Å². The summed E-state index contributed by atoms with van der Waals surface area (Å²) in [4.78, 5) is 5.42. The molecule has 4 saturated heterocycles. The molecule has 0 unspecified atom stereocenters. The summed E-state index contributed by atoms with van der Waals surface area (Å²) in [6.45, 7) is 8.87. The lowest BCUT2D eigenvalue weighted by atomic mass is 9.75. The van der Waals surface area contributed by atoms with E-state index in [2.05, 4.69) is 45.7 Å². The first-order chi connectivity index (χ1) is 13.1. The van der Waals surface area contributed by atoms with Gasteiger partial charge >= 0.3 is 0 Å². The first-order valence-corrected chi connectivity index (χ1v) is 10.4. The zero-order chi connectivity index (χ0) is 18.5. The lowest BCUT2D eigenvalue weighted by molar-refractivity contribution is -0.00870. The van der Waals surface area contributed by atoms with Crippen LogP contribution in [0.3, 0.4) is 0 Å². The Bertz CT molecular complexity index is 808. The number of hydrogen-bond acceptors (Lipinski definition) is 4. The van der Waals surface area contributed by atoms with E-state index in [1.54, 1.807) is 6.07 Å². The Balaban J connectivity index is 1.45. The van der Waals surface area contributed by atoms with Crippen LogP contribution in [0.5, 0.6) is 5.75 Å². The summed E-state index contributed by atoms with van der Waals surface area (Å²) in [5, 5.41) is 14.6. The molecule has 27 heavy (non-hydrogen) atoms. The first kappa shape index (κ1) is 17.3. The molecule has 1 N–H and O–H groups in total. The van der Waals surface area contributed by atoms with E-state index in [1.807, 2.05) is 18.3 Å². The summed E-state index contributed by atoms with van der Waals surface area (Å²) in [5.41, 5.74) is 2.60. The Morgan fingerprint density at radius 3 is 2.70 bits per heavy atom. The molecule has 3 atom stereocenters. The zero-order valence-electron chi connectivity index (χ0n) is 16.3. The summed E-state index contributed by atoms with van der Waals surface area (Å²) in [6.07, 6.45) is 6.91. The van der Waals surface area contributed by atoms with Gasteiger partial charge in [0.15, 0.2) is 0 Å². The number of likely N-dealkylation sites (tertiary alicyclic amines) is 1. The van der Waals surface area contributed by atoms with Gasteiger partial charge in [-0.3, -0.25) is 14.5 Å². The van der Waals surface area contributed by atoms with Crippen molar-refractivity contribution in [1.82, 2.24) is 19.6 Å². The van der Waals surface area contributed by atoms with Crippen molar-refractivity contribution >= 4 is 0 Å². The van der Waals surface area contributed by atoms with Gasteiger partial charge in [0.05, 0.1) is 6.20 Å². The molecule has 0 spiro atoms. The van der Waals surface area contributed by atoms with Gasteiger partial charge in [0.25, 0.3) is 0 Å². The highest BCUT2D eigenvalue weighted by molar-refractivity contribution is 5.33. The number of hydrogen-bond donors (Lipinski definition) is 1. The second kappa shape index (κ2) is 6.64. The van der Waals surface area contributed by atoms with E-state index >= 15 is 0 Å². The predicted octanol–water partition coefficient (Wildman–Crippen LogP) is 3.23. The number of fused-ring (bicyclic) bond motifs is 2. The van der Waals surface area contributed by atoms with Crippen molar-refractivity contribution in [3.8, 4) is 5.75 Å². The second-order valence-electron chi connectivity index (χ2n) is 8.91. The van der Waals surface area contributed by atoms with Gasteiger partial charge in [-0.15, -0.1) is 0 Å². The molecular weight excluding hydrogens is 336 g/mol. The van der Waals surface area contributed by atoms with Crippen molar-refractivity contribution in [3.63, 3.8) is 0 Å². The van der Waals surface area contributed by atoms with Gasteiger partial charge in [-0.2, -0.15) is 5.10 Å². The van der Waals surface area contributed by atoms with E-state index < -0.39 is 0 Å². The third-order valence-electron chi connectivity index (χ3n) is 6.96. The number of aromatic hydroxyl groups is 1. The summed E-state index contributed by atoms with van der Waals surface area (Å²) < 4.78 is 2.06. The number of phenols is 1. The summed E-state index contributed by atoms with van der Waals surface area (Å²) >= 11 is 0. The first-order valence-electron chi connectivity index (χ1n) is 10.4. The number of rotatable bonds is 4. The van der Waals surface area contributed by atoms with Gasteiger partial charge < -0.3 is 5.11 Å². The maximum absolute atomic E-state index is 10.0. The van der Waals surface area contributed by atoms with Crippen LogP contribution < -0.4 is 0 Å². The molecule has 0 amide bonds. The van der Waals surface area contributed by atoms with Crippen LogP contribution in [0.1, 0.15) is 49.8 Å². The fraction of sp³-hybridized carbons (Fsp3) is 0.591. The summed E-state index contributed by atoms with van der Waals surface area (Å²) in [6, 6.07) is 9.56. The van der Waals surface area contributed by atoms with E-state index in [1.165, 1.54) is 37.1 Å². The number of piperidine rings is 3. The van der Waals surface area contributed by atoms with Crippen LogP contribution in [0.2, 0.25) is 0 Å². The standard InChI is InChI=1S/C22H30N4O/c1-15(2)26-13-16(11-23-26)12-25-14-20(18-4-3-5-19(27)10-18)22-21(25)17-6-8-24(22)9-7-17/h3-5,10-11,13,15,17,20-22,27H,6-9,12,14H2,1-2H3/t20-,21+,22+/m1/s1. The van der Waals surface area contributed by atoms with Crippen LogP contribution >= 0.6 is 0 Å². The van der Waals surface area contributed by atoms with Crippen molar-refractivity contribution in [2.75, 3.05) is 19.6 Å². The van der Waals surface area contributed by atoms with Crippen molar-refractivity contribution < 1.29 is 5.11 Å². The lowest BCUT2D eigenvalue weighted by Gasteiger charge is -2.51. The maximum atomic E-state index is 10.0. The highest BCUT2D eigenvalue weighted by Gasteiger charge is 2.53. The fourth-order valence-electron chi connectivity index (χ4n) is 5.75. The second-order valence-corrected chi connectivity index (χ2v) is 8.91. The normalized spacial score (nSPS) is 32.9. The SMILES string of the molecule is CC(C)n1cc(CN2C[C@H](c3cccc(O)c3)[C@H]3[C@@H]2C2CCN3CC2)cn1. The predicted molar refractivity (Wildman–Crippen MR) is 106 cm³/mol. The summed E-state index contributed by atoms with van der Waals surface area (Å²) in [5.74, 6) is 1.67. The molecule has 1 aromatic carbocycles. The molecule has 2 aromatic rings. The molecule has 5 heterocycles. The maximum Gasteiger partial charge on any atom is 0.115 e. The van der Waals surface area contributed by atoms with Crippen LogP contribution in [0.25, 0.3) is 0 Å². The van der Waals surface area contributed by atoms with E-state index in [0.29, 0.717) is 29.8 Å². The molecule has 4 aliphatic heterocycles. The van der Waals surface area contributed by atoms with Crippen LogP contribution in [0, 0.1) is 5.92 Å². The van der Waals surface area contributed by atoms with Gasteiger partial charge in [-0.1, -0.05) is 12.1 Å². The van der Waals surface area contributed by atoms with Crippen molar-refractivity contribution in [3.05, 3.63) is 47.8 Å². The van der Waals surface area contributed by atoms with E-state index in [4.69, 9.17) is 0 Å². The molecular formula is C22H30N4O. The Kier molecular flexibility index (Phi) is 4.25. The zero-order valence-corrected chi connectivity index (χ0v) is 16.3. The molecule has 0 radical (unpaired) electrons. The van der Waals surface area contributed by atoms with E-state index in [9.17, 15) is 5.11 Å². The number of phenolic OH excluding ortho intramolecular Hbond substituents is 1. The van der Waals surface area contributed by atoms with E-state index in [-0.39, 0.29) is 0 Å². The molecule has 4 aliphatic rings. The smallest absolute Gasteiger partial charge is 0.115 e. The molecule has 5 heteroatoms. The molecule has 4 fully saturated rings. The van der Waals surface area contributed by atoms with Crippen molar-refractivity contribution in [2.24, 2.45) is 5.92 Å².